The molecule has 0 bridgehead atoms. The molecule has 0 saturated heterocycles. The second-order valence-electron chi connectivity index (χ2n) is 4.91. The summed E-state index contributed by atoms with van der Waals surface area (Å²) in [7, 11) is 0. The second kappa shape index (κ2) is 3.87. The number of aliphatic hydroxyl groups excluding tert-OH is 1. The first-order valence-corrected chi connectivity index (χ1v) is 6.47. The third kappa shape index (κ3) is 1.33. The van der Waals surface area contributed by atoms with Crippen LogP contribution in [0.4, 0.5) is 0 Å². The van der Waals surface area contributed by atoms with Crippen molar-refractivity contribution in [1.82, 2.24) is 0 Å². The zero-order valence-corrected chi connectivity index (χ0v) is 10.6. The lowest BCUT2D eigenvalue weighted by Crippen LogP contribution is -2.11. The highest BCUT2D eigenvalue weighted by atomic mass is 16.3. The van der Waals surface area contributed by atoms with Crippen LogP contribution in [0.1, 0.15) is 5.56 Å². The Morgan fingerprint density at radius 3 is 2.45 bits per heavy atom. The minimum absolute atomic E-state index is 0.441. The summed E-state index contributed by atoms with van der Waals surface area (Å²) in [6, 6.07) is 12.0. The van der Waals surface area contributed by atoms with Crippen molar-refractivity contribution >= 4 is 33.4 Å². The number of hydrogen-bond donors (Lipinski definition) is 2. The predicted octanol–water partition coefficient (Wildman–Crippen LogP) is 3.67. The Morgan fingerprint density at radius 2 is 1.65 bits per heavy atom. The number of phenolic OH excluding ortho intramolecular Hbond substituents is 1. The second-order valence-corrected chi connectivity index (χ2v) is 4.91. The highest BCUT2D eigenvalue weighted by Crippen LogP contribution is 2.34. The average molecular weight is 262 g/mol. The summed E-state index contributed by atoms with van der Waals surface area (Å²) in [5.74, 6) is 0.922. The van der Waals surface area contributed by atoms with Gasteiger partial charge in [-0.2, -0.15) is 0 Å². The Bertz CT molecular complexity index is 998. The molecule has 2 heteroatoms. The maximum absolute atomic E-state index is 7.50. The van der Waals surface area contributed by atoms with Gasteiger partial charge in [-0.1, -0.05) is 54.6 Å². The highest BCUT2D eigenvalue weighted by molar-refractivity contribution is 6.14. The maximum atomic E-state index is 7.50. The van der Waals surface area contributed by atoms with Gasteiger partial charge in [0.05, 0.1) is 0 Å². The van der Waals surface area contributed by atoms with Gasteiger partial charge in [-0.3, -0.25) is 0 Å². The van der Waals surface area contributed by atoms with Crippen LogP contribution in [0, 0.1) is 0 Å². The molecule has 0 saturated carbocycles. The molecule has 0 atom stereocenters. The van der Waals surface area contributed by atoms with Gasteiger partial charge in [0.2, 0.25) is 0 Å². The summed E-state index contributed by atoms with van der Waals surface area (Å²) in [4.78, 5) is 0. The summed E-state index contributed by atoms with van der Waals surface area (Å²) < 4.78 is 14.9. The molecule has 0 spiro atoms. The van der Waals surface area contributed by atoms with E-state index in [4.69, 9.17) is 13.1 Å². The first-order valence-electron chi connectivity index (χ1n) is 7.29. The first kappa shape index (κ1) is 9.21. The molecule has 2 nitrogen and oxygen atoms in total. The van der Waals surface area contributed by atoms with E-state index < -0.39 is 0 Å². The monoisotopic (exact) mass is 262 g/mol. The molecule has 1 aliphatic rings. The lowest BCUT2D eigenvalue weighted by Gasteiger charge is -2.12. The van der Waals surface area contributed by atoms with Gasteiger partial charge in [0.15, 0.2) is 0 Å². The number of allylic oxidation sites excluding steroid dienone is 2. The summed E-state index contributed by atoms with van der Waals surface area (Å²) in [6.07, 6.45) is 7.31. The Kier molecular flexibility index (Phi) is 1.78. The van der Waals surface area contributed by atoms with E-state index in [1.807, 2.05) is 54.6 Å². The standard InChI is InChI=1S/C18H12O2/c19-15-10-2-1-7-14-17(15)12-8-3-5-11-6-4-9-13(16(11)12)18(14)20/h1-10,19-20H/i/hD2. The number of fused-ring (bicyclic) bond motifs is 2. The number of benzene rings is 3. The van der Waals surface area contributed by atoms with E-state index >= 15 is 0 Å². The fourth-order valence-corrected chi connectivity index (χ4v) is 2.94. The Morgan fingerprint density at radius 1 is 0.850 bits per heavy atom. The highest BCUT2D eigenvalue weighted by Gasteiger charge is 2.14. The fourth-order valence-electron chi connectivity index (χ4n) is 2.94. The van der Waals surface area contributed by atoms with Crippen molar-refractivity contribution in [3.05, 3.63) is 65.4 Å². The van der Waals surface area contributed by atoms with Gasteiger partial charge in [0, 0.05) is 21.6 Å². The molecule has 0 aliphatic heterocycles. The van der Waals surface area contributed by atoms with Crippen molar-refractivity contribution < 1.29 is 10.2 Å². The van der Waals surface area contributed by atoms with Gasteiger partial charge in [0.25, 0.3) is 2.86 Å². The Labute approximate surface area is 118 Å². The number of aromatic hydroxyl groups is 1. The smallest absolute Gasteiger partial charge is 0.293 e. The van der Waals surface area contributed by atoms with Crippen molar-refractivity contribution in [3.8, 4) is 5.75 Å². The van der Waals surface area contributed by atoms with Crippen molar-refractivity contribution in [2.24, 2.45) is 0 Å². The van der Waals surface area contributed by atoms with Crippen molar-refractivity contribution in [1.29, 1.82) is 2.86 Å². The summed E-state index contributed by atoms with van der Waals surface area (Å²) in [6.45, 7) is 0. The molecule has 1 aliphatic carbocycles. The average Bonchev–Trinajstić information content (AvgIpc) is 2.78. The Hall–Kier alpha value is -2.74. The van der Waals surface area contributed by atoms with Crippen molar-refractivity contribution in [2.75, 3.05) is 0 Å². The molecule has 3 aromatic rings. The first-order chi connectivity index (χ1) is 10.8. The topological polar surface area (TPSA) is 40.5 Å². The van der Waals surface area contributed by atoms with Gasteiger partial charge in [-0.05, 0) is 16.8 Å². The molecule has 0 aromatic heterocycles. The molecule has 0 fully saturated rings. The van der Waals surface area contributed by atoms with E-state index in [1.54, 1.807) is 6.08 Å². The number of rotatable bonds is 2. The fraction of sp³-hybridized carbons (Fsp3) is 0. The molecular weight excluding hydrogens is 248 g/mol. The molecule has 0 unspecified atom stereocenters. The van der Waals surface area contributed by atoms with E-state index in [9.17, 15) is 0 Å². The van der Waals surface area contributed by atoms with Crippen LogP contribution in [-0.4, -0.2) is 11.6 Å². The maximum Gasteiger partial charge on any atom is 0.293 e. The molecule has 96 valence electrons. The summed E-state index contributed by atoms with van der Waals surface area (Å²) in [5.41, 5.74) is 0.758. The molecule has 0 amide bonds. The number of phenols is 1. The van der Waals surface area contributed by atoms with Crippen molar-refractivity contribution in [2.45, 2.75) is 0 Å². The molecule has 20 heavy (non-hydrogen) atoms. The minimum atomic E-state index is 0.441. The van der Waals surface area contributed by atoms with E-state index in [2.05, 4.69) is 0 Å². The zero-order valence-electron chi connectivity index (χ0n) is 12.6. The lowest BCUT2D eigenvalue weighted by molar-refractivity contribution is 0.478. The van der Waals surface area contributed by atoms with Crippen LogP contribution in [-0.2, 0) is 0 Å². The zero-order chi connectivity index (χ0) is 15.1. The van der Waals surface area contributed by atoms with E-state index in [-0.39, 0.29) is 0 Å². The SMILES string of the molecule is [2H]OC1=c2c(c(O[2H])c3cccc4cccc2c43)C=CC=C1. The number of aliphatic hydroxyl groups is 1. The number of hydrogen-bond acceptors (Lipinski definition) is 2. The molecule has 4 rings (SSSR count). The van der Waals surface area contributed by atoms with Gasteiger partial charge in [-0.25, -0.2) is 0 Å². The third-order valence-corrected chi connectivity index (χ3v) is 3.80. The van der Waals surface area contributed by atoms with Crippen LogP contribution in [0.2, 0.25) is 0 Å². The van der Waals surface area contributed by atoms with Gasteiger partial charge < -0.3 is 10.2 Å². The molecule has 0 radical (unpaired) electrons. The largest absolute Gasteiger partial charge is 0.507 e. The quantitative estimate of drug-likeness (QED) is 0.739. The minimum Gasteiger partial charge on any atom is -0.507 e. The van der Waals surface area contributed by atoms with E-state index in [0.29, 0.717) is 11.5 Å². The van der Waals surface area contributed by atoms with Gasteiger partial charge >= 0.3 is 0 Å². The van der Waals surface area contributed by atoms with Crippen LogP contribution < -0.4 is 5.22 Å². The van der Waals surface area contributed by atoms with Crippen molar-refractivity contribution in [3.63, 3.8) is 0 Å². The summed E-state index contributed by atoms with van der Waals surface area (Å²) in [5, 5.41) is 14.5. The summed E-state index contributed by atoms with van der Waals surface area (Å²) >= 11 is 0. The van der Waals surface area contributed by atoms with Gasteiger partial charge in [-0.15, -0.1) is 0 Å². The predicted molar refractivity (Wildman–Crippen MR) is 82.5 cm³/mol. The molecule has 2 N–H and O–H groups in total. The van der Waals surface area contributed by atoms with E-state index in [0.717, 1.165) is 32.3 Å². The van der Waals surface area contributed by atoms with Crippen LogP contribution in [0.25, 0.3) is 34.8 Å². The van der Waals surface area contributed by atoms with Crippen LogP contribution in [0.5, 0.6) is 5.75 Å². The molecular formula is C18H12O2. The third-order valence-electron chi connectivity index (χ3n) is 3.80. The van der Waals surface area contributed by atoms with Gasteiger partial charge in [0.1, 0.15) is 11.5 Å². The van der Waals surface area contributed by atoms with E-state index in [1.165, 1.54) is 0 Å². The van der Waals surface area contributed by atoms with Crippen LogP contribution in [0.3, 0.4) is 0 Å². The van der Waals surface area contributed by atoms with Crippen LogP contribution >= 0.6 is 0 Å². The lowest BCUT2D eigenvalue weighted by atomic mass is 9.94. The molecule has 0 heterocycles. The Balaban J connectivity index is 2.40. The normalized spacial score (nSPS) is 14.9. The van der Waals surface area contributed by atoms with Crippen LogP contribution in [0.15, 0.2) is 54.6 Å². The molecule has 3 aromatic carbocycles.